The van der Waals surface area contributed by atoms with E-state index in [0.717, 1.165) is 0 Å². The molecule has 3 aromatic rings. The Hall–Kier alpha value is -1.42. The molecule has 0 bridgehead atoms. The van der Waals surface area contributed by atoms with Crippen LogP contribution in [0, 0.1) is 0 Å². The van der Waals surface area contributed by atoms with Gasteiger partial charge in [-0.05, 0) is 30.3 Å². The third kappa shape index (κ3) is 5.53. The highest BCUT2D eigenvalue weighted by molar-refractivity contribution is 8.17. The molecule has 3 aromatic carbocycles. The van der Waals surface area contributed by atoms with E-state index in [1.54, 1.807) is 5.19 Å². The van der Waals surface area contributed by atoms with Crippen LogP contribution in [0.25, 0.3) is 0 Å². The van der Waals surface area contributed by atoms with E-state index in [0.29, 0.717) is 4.58 Å². The minimum Gasteiger partial charge on any atom is -0.112 e. The van der Waals surface area contributed by atoms with Crippen molar-refractivity contribution in [3.8, 4) is 0 Å². The highest BCUT2D eigenvalue weighted by atomic mass is 32.2. The Bertz CT molecular complexity index is 716. The molecule has 3 heteroatoms. The monoisotopic (exact) mass is 380 g/mol. The van der Waals surface area contributed by atoms with Crippen LogP contribution in [0.4, 0.5) is 0 Å². The van der Waals surface area contributed by atoms with Gasteiger partial charge < -0.3 is 0 Å². The number of thioether (sulfide) groups is 2. The van der Waals surface area contributed by atoms with Gasteiger partial charge in [0.15, 0.2) is 0 Å². The maximum absolute atomic E-state index is 2.49. The number of hydrogen-bond donors (Lipinski definition) is 0. The van der Waals surface area contributed by atoms with Gasteiger partial charge in [-0.3, -0.25) is 0 Å². The summed E-state index contributed by atoms with van der Waals surface area (Å²) in [5.74, 6) is 0. The van der Waals surface area contributed by atoms with Crippen molar-refractivity contribution in [2.24, 2.45) is 0 Å². The zero-order valence-electron chi connectivity index (χ0n) is 14.8. The second kappa shape index (κ2) is 8.79. The first-order chi connectivity index (χ1) is 12.1. The molecule has 0 radical (unpaired) electrons. The van der Waals surface area contributed by atoms with Crippen LogP contribution in [-0.2, 0) is 0 Å². The number of rotatable bonds is 7. The minimum absolute atomic E-state index is 0.520. The smallest absolute Gasteiger partial charge is 0.0825 e. The lowest BCUT2D eigenvalue weighted by Crippen LogP contribution is -2.42. The second-order valence-electron chi connectivity index (χ2n) is 6.75. The van der Waals surface area contributed by atoms with E-state index >= 15 is 0 Å². The largest absolute Gasteiger partial charge is 0.112 e. The SMILES string of the molecule is C[Si](C)(CC(Sc1ccccc1)Sc1ccccc1)c1ccccc1. The lowest BCUT2D eigenvalue weighted by molar-refractivity contribution is 1.29. The van der Waals surface area contributed by atoms with Crippen molar-refractivity contribution in [3.05, 3.63) is 91.0 Å². The Morgan fingerprint density at radius 2 is 1.04 bits per heavy atom. The van der Waals surface area contributed by atoms with E-state index in [4.69, 9.17) is 0 Å². The Kier molecular flexibility index (Phi) is 6.46. The standard InChI is InChI=1S/C22H24S2Si/c1-25(2,21-16-10-5-11-17-21)18-22(23-19-12-6-3-7-13-19)24-20-14-8-4-9-15-20/h3-17,22H,18H2,1-2H3. The summed E-state index contributed by atoms with van der Waals surface area (Å²) in [7, 11) is -1.49. The fourth-order valence-electron chi connectivity index (χ4n) is 2.83. The zero-order chi connectivity index (χ0) is 17.5. The fourth-order valence-corrected chi connectivity index (χ4v) is 10.3. The molecule has 0 aliphatic heterocycles. The van der Waals surface area contributed by atoms with Crippen molar-refractivity contribution >= 4 is 36.8 Å². The average molecular weight is 381 g/mol. The van der Waals surface area contributed by atoms with Crippen molar-refractivity contribution in [2.75, 3.05) is 0 Å². The highest BCUT2D eigenvalue weighted by Gasteiger charge is 2.28. The van der Waals surface area contributed by atoms with Gasteiger partial charge in [0, 0.05) is 9.79 Å². The molecule has 0 aliphatic rings. The van der Waals surface area contributed by atoms with Gasteiger partial charge >= 0.3 is 0 Å². The summed E-state index contributed by atoms with van der Waals surface area (Å²) in [6, 6.07) is 33.9. The third-order valence-corrected chi connectivity index (χ3v) is 10.7. The van der Waals surface area contributed by atoms with Crippen LogP contribution >= 0.6 is 23.5 Å². The molecule has 0 nitrogen and oxygen atoms in total. The fraction of sp³-hybridized carbons (Fsp3) is 0.182. The minimum atomic E-state index is -1.49. The maximum Gasteiger partial charge on any atom is 0.0825 e. The summed E-state index contributed by atoms with van der Waals surface area (Å²) >= 11 is 4.01. The van der Waals surface area contributed by atoms with Gasteiger partial charge in [0.1, 0.15) is 0 Å². The highest BCUT2D eigenvalue weighted by Crippen LogP contribution is 2.40. The second-order valence-corrected chi connectivity index (χ2v) is 14.3. The molecule has 3 rings (SSSR count). The molecule has 0 heterocycles. The van der Waals surface area contributed by atoms with Gasteiger partial charge in [0.25, 0.3) is 0 Å². The van der Waals surface area contributed by atoms with Crippen LogP contribution in [0.2, 0.25) is 19.1 Å². The van der Waals surface area contributed by atoms with Crippen LogP contribution in [0.3, 0.4) is 0 Å². The van der Waals surface area contributed by atoms with Gasteiger partial charge in [-0.25, -0.2) is 0 Å². The summed E-state index contributed by atoms with van der Waals surface area (Å²) in [6.07, 6.45) is 0. The number of hydrogen-bond acceptors (Lipinski definition) is 2. The molecule has 128 valence electrons. The maximum atomic E-state index is 2.49. The Labute approximate surface area is 161 Å². The first-order valence-corrected chi connectivity index (χ1v) is 13.6. The first kappa shape index (κ1) is 18.4. The molecule has 0 atom stereocenters. The molecule has 0 saturated carbocycles. The van der Waals surface area contributed by atoms with Crippen molar-refractivity contribution < 1.29 is 0 Å². The first-order valence-electron chi connectivity index (χ1n) is 8.62. The van der Waals surface area contributed by atoms with E-state index in [-0.39, 0.29) is 0 Å². The summed E-state index contributed by atoms with van der Waals surface area (Å²) in [5, 5.41) is 1.54. The van der Waals surface area contributed by atoms with Crippen molar-refractivity contribution in [3.63, 3.8) is 0 Å². The van der Waals surface area contributed by atoms with Crippen LogP contribution in [0.5, 0.6) is 0 Å². The molecule has 25 heavy (non-hydrogen) atoms. The third-order valence-electron chi connectivity index (χ3n) is 4.25. The van der Waals surface area contributed by atoms with Crippen molar-refractivity contribution in [2.45, 2.75) is 33.5 Å². The van der Waals surface area contributed by atoms with E-state index in [1.165, 1.54) is 15.8 Å². The van der Waals surface area contributed by atoms with Gasteiger partial charge in [0.05, 0.1) is 12.7 Å². The molecule has 0 fully saturated rings. The van der Waals surface area contributed by atoms with Crippen LogP contribution < -0.4 is 5.19 Å². The lowest BCUT2D eigenvalue weighted by atomic mass is 10.4. The normalized spacial score (nSPS) is 11.6. The van der Waals surface area contributed by atoms with E-state index in [9.17, 15) is 0 Å². The molecule has 0 N–H and O–H groups in total. The molecular weight excluding hydrogens is 356 g/mol. The molecular formula is C22H24S2Si. The summed E-state index contributed by atoms with van der Waals surface area (Å²) in [4.78, 5) is 2.71. The van der Waals surface area contributed by atoms with Crippen LogP contribution in [0.15, 0.2) is 101 Å². The molecule has 0 saturated heterocycles. The average Bonchev–Trinajstić information content (AvgIpc) is 2.64. The topological polar surface area (TPSA) is 0 Å². The lowest BCUT2D eigenvalue weighted by Gasteiger charge is -2.28. The predicted octanol–water partition coefficient (Wildman–Crippen LogP) is 6.51. The van der Waals surface area contributed by atoms with Crippen LogP contribution in [-0.4, -0.2) is 12.7 Å². The van der Waals surface area contributed by atoms with Gasteiger partial charge in [-0.2, -0.15) is 0 Å². The Balaban J connectivity index is 1.80. The Morgan fingerprint density at radius 3 is 1.48 bits per heavy atom. The van der Waals surface area contributed by atoms with Crippen molar-refractivity contribution in [1.29, 1.82) is 0 Å². The summed E-state index contributed by atoms with van der Waals surface area (Å²) in [5.41, 5.74) is 0. The Morgan fingerprint density at radius 1 is 0.640 bits per heavy atom. The molecule has 0 amide bonds. The van der Waals surface area contributed by atoms with E-state index in [1.807, 2.05) is 23.5 Å². The summed E-state index contributed by atoms with van der Waals surface area (Å²) < 4.78 is 0.520. The molecule has 0 aliphatic carbocycles. The zero-order valence-corrected chi connectivity index (χ0v) is 17.4. The summed E-state index contributed by atoms with van der Waals surface area (Å²) in [6.45, 7) is 4.98. The van der Waals surface area contributed by atoms with Crippen molar-refractivity contribution in [1.82, 2.24) is 0 Å². The van der Waals surface area contributed by atoms with Crippen LogP contribution in [0.1, 0.15) is 0 Å². The number of benzene rings is 3. The van der Waals surface area contributed by atoms with Gasteiger partial charge in [-0.1, -0.05) is 85.0 Å². The molecule has 0 aromatic heterocycles. The van der Waals surface area contributed by atoms with E-state index < -0.39 is 8.07 Å². The van der Waals surface area contributed by atoms with Gasteiger partial charge in [-0.15, -0.1) is 23.5 Å². The molecule has 0 unspecified atom stereocenters. The molecule has 0 spiro atoms. The quantitative estimate of drug-likeness (QED) is 0.260. The van der Waals surface area contributed by atoms with Gasteiger partial charge in [0.2, 0.25) is 0 Å². The van der Waals surface area contributed by atoms with E-state index in [2.05, 4.69) is 104 Å². The predicted molar refractivity (Wildman–Crippen MR) is 117 cm³/mol.